The number of carbonyl (C=O) groups is 2. The molecule has 1 unspecified atom stereocenters. The predicted octanol–water partition coefficient (Wildman–Crippen LogP) is 1.82. The number of likely N-dealkylation sites (tertiary alicyclic amines) is 1. The number of hydrogen-bond acceptors (Lipinski definition) is 3. The first-order valence-electron chi connectivity index (χ1n) is 7.11. The van der Waals surface area contributed by atoms with Crippen LogP contribution in [0.3, 0.4) is 0 Å². The van der Waals surface area contributed by atoms with E-state index in [0.29, 0.717) is 25.8 Å². The van der Waals surface area contributed by atoms with Gasteiger partial charge in [0.05, 0.1) is 0 Å². The molecule has 1 aliphatic carbocycles. The first-order chi connectivity index (χ1) is 8.52. The lowest BCUT2D eigenvalue weighted by atomic mass is 9.67. The minimum Gasteiger partial charge on any atom is -0.328 e. The van der Waals surface area contributed by atoms with Crippen molar-refractivity contribution < 1.29 is 9.59 Å². The van der Waals surface area contributed by atoms with E-state index in [-0.39, 0.29) is 23.3 Å². The van der Waals surface area contributed by atoms with Crippen LogP contribution in [0.5, 0.6) is 0 Å². The van der Waals surface area contributed by atoms with Gasteiger partial charge in [-0.3, -0.25) is 14.5 Å². The third-order valence-corrected chi connectivity index (χ3v) is 4.38. The summed E-state index contributed by atoms with van der Waals surface area (Å²) in [6, 6.07) is 0.0381. The first kappa shape index (κ1) is 13.5. The Kier molecular flexibility index (Phi) is 4.05. The molecule has 2 N–H and O–H groups in total. The fourth-order valence-corrected chi connectivity index (χ4v) is 3.27. The van der Waals surface area contributed by atoms with E-state index in [2.05, 4.69) is 0 Å². The summed E-state index contributed by atoms with van der Waals surface area (Å²) in [4.78, 5) is 25.7. The topological polar surface area (TPSA) is 63.4 Å². The molecule has 1 aliphatic heterocycles. The zero-order chi connectivity index (χ0) is 13.2. The van der Waals surface area contributed by atoms with Crippen LogP contribution >= 0.6 is 0 Å². The van der Waals surface area contributed by atoms with Crippen molar-refractivity contribution in [1.82, 2.24) is 4.90 Å². The highest BCUT2D eigenvalue weighted by Gasteiger charge is 2.43. The number of piperidine rings is 1. The molecule has 2 aliphatic rings. The maximum atomic E-state index is 12.2. The normalized spacial score (nSPS) is 25.6. The molecule has 1 saturated heterocycles. The number of hydrogen-bond donors (Lipinski definition) is 1. The van der Waals surface area contributed by atoms with Crippen molar-refractivity contribution in [3.8, 4) is 0 Å². The lowest BCUT2D eigenvalue weighted by Gasteiger charge is -2.42. The highest BCUT2D eigenvalue weighted by molar-refractivity contribution is 5.98. The predicted molar refractivity (Wildman–Crippen MR) is 69.7 cm³/mol. The molecule has 2 amide bonds. The molecule has 1 saturated carbocycles. The molecule has 2 rings (SSSR count). The van der Waals surface area contributed by atoms with Gasteiger partial charge in [0, 0.05) is 25.4 Å². The van der Waals surface area contributed by atoms with Gasteiger partial charge in [0.15, 0.2) is 0 Å². The van der Waals surface area contributed by atoms with Crippen LogP contribution in [0.15, 0.2) is 0 Å². The van der Waals surface area contributed by atoms with Gasteiger partial charge in [0.1, 0.15) is 0 Å². The van der Waals surface area contributed by atoms with Gasteiger partial charge >= 0.3 is 0 Å². The number of rotatable bonds is 3. The molecule has 4 nitrogen and oxygen atoms in total. The van der Waals surface area contributed by atoms with Crippen LogP contribution in [0.25, 0.3) is 0 Å². The fraction of sp³-hybridized carbons (Fsp3) is 0.857. The number of amides is 2. The lowest BCUT2D eigenvalue weighted by Crippen LogP contribution is -2.49. The second kappa shape index (κ2) is 5.39. The van der Waals surface area contributed by atoms with Gasteiger partial charge in [-0.25, -0.2) is 0 Å². The Morgan fingerprint density at radius 2 is 1.72 bits per heavy atom. The van der Waals surface area contributed by atoms with Gasteiger partial charge in [0.2, 0.25) is 11.8 Å². The molecule has 0 aromatic heterocycles. The molecule has 1 atom stereocenters. The van der Waals surface area contributed by atoms with E-state index >= 15 is 0 Å². The molecule has 2 fully saturated rings. The van der Waals surface area contributed by atoms with Crippen LogP contribution in [0.1, 0.15) is 58.3 Å². The van der Waals surface area contributed by atoms with Crippen LogP contribution in [-0.4, -0.2) is 29.3 Å². The smallest absolute Gasteiger partial charge is 0.229 e. The molecule has 1 heterocycles. The summed E-state index contributed by atoms with van der Waals surface area (Å²) in [5, 5.41) is 0. The number of imide groups is 1. The average molecular weight is 252 g/mol. The van der Waals surface area contributed by atoms with Crippen LogP contribution in [0.2, 0.25) is 0 Å². The summed E-state index contributed by atoms with van der Waals surface area (Å²) in [5.74, 6) is 0.0441. The van der Waals surface area contributed by atoms with Gasteiger partial charge in [-0.05, 0) is 31.6 Å². The molecule has 0 aromatic rings. The molecule has 18 heavy (non-hydrogen) atoms. The Bertz CT molecular complexity index is 313. The Morgan fingerprint density at radius 1 is 1.17 bits per heavy atom. The monoisotopic (exact) mass is 252 g/mol. The van der Waals surface area contributed by atoms with Crippen molar-refractivity contribution >= 4 is 11.8 Å². The van der Waals surface area contributed by atoms with Gasteiger partial charge in [-0.2, -0.15) is 0 Å². The van der Waals surface area contributed by atoms with Crippen LogP contribution in [0, 0.1) is 5.41 Å². The molecular formula is C14H24N2O2. The SMILES string of the molecule is CC(N)CCN1C(=O)CC2(CCCCC2)CC1=O. The van der Waals surface area contributed by atoms with Crippen molar-refractivity contribution in [3.63, 3.8) is 0 Å². The highest BCUT2D eigenvalue weighted by atomic mass is 16.2. The largest absolute Gasteiger partial charge is 0.328 e. The first-order valence-corrected chi connectivity index (χ1v) is 7.11. The van der Waals surface area contributed by atoms with E-state index < -0.39 is 0 Å². The summed E-state index contributed by atoms with van der Waals surface area (Å²) >= 11 is 0. The third-order valence-electron chi connectivity index (χ3n) is 4.38. The van der Waals surface area contributed by atoms with Crippen molar-refractivity contribution in [2.24, 2.45) is 11.1 Å². The van der Waals surface area contributed by atoms with Crippen molar-refractivity contribution in [2.75, 3.05) is 6.54 Å². The molecular weight excluding hydrogens is 228 g/mol. The standard InChI is InChI=1S/C14H24N2O2/c1-11(15)5-8-16-12(17)9-14(10-13(16)18)6-3-2-4-7-14/h11H,2-10,15H2,1H3. The maximum absolute atomic E-state index is 12.2. The molecule has 1 spiro atoms. The summed E-state index contributed by atoms with van der Waals surface area (Å²) in [5.41, 5.74) is 5.68. The Hall–Kier alpha value is -0.900. The van der Waals surface area contributed by atoms with E-state index in [1.54, 1.807) is 0 Å². The number of carbonyl (C=O) groups excluding carboxylic acids is 2. The molecule has 0 radical (unpaired) electrons. The zero-order valence-electron chi connectivity index (χ0n) is 11.3. The highest BCUT2D eigenvalue weighted by Crippen LogP contribution is 2.45. The Morgan fingerprint density at radius 3 is 2.22 bits per heavy atom. The second-order valence-corrected chi connectivity index (χ2v) is 6.12. The van der Waals surface area contributed by atoms with Gasteiger partial charge in [0.25, 0.3) is 0 Å². The molecule has 4 heteroatoms. The van der Waals surface area contributed by atoms with Crippen LogP contribution < -0.4 is 5.73 Å². The summed E-state index contributed by atoms with van der Waals surface area (Å²) in [7, 11) is 0. The molecule has 0 aromatic carbocycles. The van der Waals surface area contributed by atoms with Crippen LogP contribution in [0.4, 0.5) is 0 Å². The summed E-state index contributed by atoms with van der Waals surface area (Å²) in [6.45, 7) is 2.40. The van der Waals surface area contributed by atoms with Crippen molar-refractivity contribution in [1.29, 1.82) is 0 Å². The average Bonchev–Trinajstić information content (AvgIpc) is 2.28. The van der Waals surface area contributed by atoms with E-state index in [9.17, 15) is 9.59 Å². The molecule has 102 valence electrons. The number of nitrogens with two attached hydrogens (primary N) is 1. The Labute approximate surface area is 109 Å². The third kappa shape index (κ3) is 2.91. The van der Waals surface area contributed by atoms with E-state index in [0.717, 1.165) is 12.8 Å². The van der Waals surface area contributed by atoms with Gasteiger partial charge < -0.3 is 5.73 Å². The van der Waals surface area contributed by atoms with Gasteiger partial charge in [-0.1, -0.05) is 19.3 Å². The lowest BCUT2D eigenvalue weighted by molar-refractivity contribution is -0.154. The van der Waals surface area contributed by atoms with Crippen molar-refractivity contribution in [3.05, 3.63) is 0 Å². The Balaban J connectivity index is 1.99. The van der Waals surface area contributed by atoms with E-state index in [1.165, 1.54) is 24.2 Å². The van der Waals surface area contributed by atoms with E-state index in [4.69, 9.17) is 5.73 Å². The molecule has 0 bridgehead atoms. The number of nitrogens with zero attached hydrogens (tertiary/aromatic N) is 1. The second-order valence-electron chi connectivity index (χ2n) is 6.12. The van der Waals surface area contributed by atoms with Gasteiger partial charge in [-0.15, -0.1) is 0 Å². The van der Waals surface area contributed by atoms with Crippen LogP contribution in [-0.2, 0) is 9.59 Å². The fourth-order valence-electron chi connectivity index (χ4n) is 3.27. The maximum Gasteiger partial charge on any atom is 0.229 e. The minimum absolute atomic E-state index is 0.00273. The summed E-state index contributed by atoms with van der Waals surface area (Å²) < 4.78 is 0. The van der Waals surface area contributed by atoms with E-state index in [1.807, 2.05) is 6.92 Å². The van der Waals surface area contributed by atoms with Crippen molar-refractivity contribution in [2.45, 2.75) is 64.3 Å². The quantitative estimate of drug-likeness (QED) is 0.779. The minimum atomic E-state index is -0.00273. The zero-order valence-corrected chi connectivity index (χ0v) is 11.3. The summed E-state index contributed by atoms with van der Waals surface area (Å²) in [6.07, 6.45) is 7.51.